The largest absolute Gasteiger partial charge is 0.466 e. The molecule has 1 saturated heterocycles. The summed E-state index contributed by atoms with van der Waals surface area (Å²) in [6.45, 7) is 3.42. The Morgan fingerprint density at radius 3 is 2.91 bits per heavy atom. The van der Waals surface area contributed by atoms with Crippen LogP contribution in [-0.2, 0) is 27.2 Å². The molecule has 2 unspecified atom stereocenters. The van der Waals surface area contributed by atoms with Gasteiger partial charge in [0.15, 0.2) is 0 Å². The molecular formula is C15H22N4O3. The van der Waals surface area contributed by atoms with E-state index in [1.54, 1.807) is 6.92 Å². The number of H-pyrrole nitrogens is 1. The van der Waals surface area contributed by atoms with Gasteiger partial charge in [-0.1, -0.05) is 0 Å². The summed E-state index contributed by atoms with van der Waals surface area (Å²) in [5.74, 6) is -0.257. The zero-order valence-corrected chi connectivity index (χ0v) is 12.9. The minimum atomic E-state index is -0.178. The molecule has 1 aliphatic heterocycles. The quantitative estimate of drug-likeness (QED) is 0.831. The fraction of sp³-hybridized carbons (Fsp3) is 0.733. The van der Waals surface area contributed by atoms with Crippen molar-refractivity contribution in [3.05, 3.63) is 11.4 Å². The number of piperidine rings is 1. The van der Waals surface area contributed by atoms with E-state index in [-0.39, 0.29) is 23.7 Å². The van der Waals surface area contributed by atoms with Crippen LogP contribution in [0.15, 0.2) is 0 Å². The second kappa shape index (κ2) is 6.46. The van der Waals surface area contributed by atoms with Gasteiger partial charge in [0.25, 0.3) is 0 Å². The number of rotatable bonds is 3. The van der Waals surface area contributed by atoms with Gasteiger partial charge in [-0.05, 0) is 32.6 Å². The molecule has 1 amide bonds. The van der Waals surface area contributed by atoms with Crippen molar-refractivity contribution in [2.45, 2.75) is 39.0 Å². The van der Waals surface area contributed by atoms with Crippen molar-refractivity contribution in [2.24, 2.45) is 11.8 Å². The zero-order valence-electron chi connectivity index (χ0n) is 12.9. The fourth-order valence-corrected chi connectivity index (χ4v) is 3.38. The summed E-state index contributed by atoms with van der Waals surface area (Å²) >= 11 is 0. The van der Waals surface area contributed by atoms with Crippen molar-refractivity contribution in [1.82, 2.24) is 20.3 Å². The topological polar surface area (TPSA) is 88.2 Å². The van der Waals surface area contributed by atoms with Gasteiger partial charge in [0.2, 0.25) is 5.91 Å². The smallest absolute Gasteiger partial charge is 0.310 e. The average Bonchev–Trinajstić information content (AvgIpc) is 3.02. The van der Waals surface area contributed by atoms with Gasteiger partial charge < -0.3 is 9.64 Å². The molecule has 22 heavy (non-hydrogen) atoms. The van der Waals surface area contributed by atoms with E-state index in [0.717, 1.165) is 43.6 Å². The van der Waals surface area contributed by atoms with E-state index in [0.29, 0.717) is 19.6 Å². The minimum Gasteiger partial charge on any atom is -0.466 e. The highest BCUT2D eigenvalue weighted by atomic mass is 16.5. The van der Waals surface area contributed by atoms with Crippen LogP contribution in [0.4, 0.5) is 0 Å². The third-order valence-electron chi connectivity index (χ3n) is 4.57. The molecule has 1 N–H and O–H groups in total. The van der Waals surface area contributed by atoms with Gasteiger partial charge in [-0.25, -0.2) is 0 Å². The third-order valence-corrected chi connectivity index (χ3v) is 4.57. The van der Waals surface area contributed by atoms with Crippen molar-refractivity contribution in [2.75, 3.05) is 19.7 Å². The summed E-state index contributed by atoms with van der Waals surface area (Å²) in [5.41, 5.74) is 1.88. The molecule has 2 heterocycles. The summed E-state index contributed by atoms with van der Waals surface area (Å²) in [4.78, 5) is 26.4. The molecular weight excluding hydrogens is 284 g/mol. The van der Waals surface area contributed by atoms with Gasteiger partial charge in [-0.3, -0.25) is 9.59 Å². The highest BCUT2D eigenvalue weighted by Crippen LogP contribution is 2.26. The SMILES string of the molecule is CCOC(=O)C1CCCN(C(=O)C2CCc3n[nH]nc3C2)C1. The highest BCUT2D eigenvalue weighted by Gasteiger charge is 2.34. The molecule has 120 valence electrons. The number of aromatic nitrogens is 3. The highest BCUT2D eigenvalue weighted by molar-refractivity contribution is 5.81. The van der Waals surface area contributed by atoms with E-state index < -0.39 is 0 Å². The number of carbonyl (C=O) groups is 2. The van der Waals surface area contributed by atoms with Crippen LogP contribution in [0, 0.1) is 11.8 Å². The number of aryl methyl sites for hydroxylation is 1. The molecule has 1 fully saturated rings. The molecule has 0 saturated carbocycles. The van der Waals surface area contributed by atoms with Crippen LogP contribution in [0.5, 0.6) is 0 Å². The maximum Gasteiger partial charge on any atom is 0.310 e. The molecule has 7 nitrogen and oxygen atoms in total. The Kier molecular flexibility index (Phi) is 4.40. The van der Waals surface area contributed by atoms with Gasteiger partial charge >= 0.3 is 5.97 Å². The van der Waals surface area contributed by atoms with E-state index in [1.165, 1.54) is 0 Å². The second-order valence-electron chi connectivity index (χ2n) is 6.03. The van der Waals surface area contributed by atoms with Gasteiger partial charge in [-0.15, -0.1) is 0 Å². The van der Waals surface area contributed by atoms with Crippen LogP contribution in [0.2, 0.25) is 0 Å². The van der Waals surface area contributed by atoms with Crippen LogP contribution in [0.1, 0.15) is 37.6 Å². The van der Waals surface area contributed by atoms with E-state index in [4.69, 9.17) is 4.74 Å². The van der Waals surface area contributed by atoms with Crippen molar-refractivity contribution in [1.29, 1.82) is 0 Å². The Morgan fingerprint density at radius 2 is 2.09 bits per heavy atom. The molecule has 0 aromatic carbocycles. The second-order valence-corrected chi connectivity index (χ2v) is 6.03. The van der Waals surface area contributed by atoms with E-state index in [9.17, 15) is 9.59 Å². The van der Waals surface area contributed by atoms with E-state index >= 15 is 0 Å². The van der Waals surface area contributed by atoms with Crippen LogP contribution < -0.4 is 0 Å². The number of fused-ring (bicyclic) bond motifs is 1. The number of nitrogens with zero attached hydrogens (tertiary/aromatic N) is 3. The van der Waals surface area contributed by atoms with Crippen molar-refractivity contribution < 1.29 is 14.3 Å². The van der Waals surface area contributed by atoms with Crippen LogP contribution in [0.25, 0.3) is 0 Å². The van der Waals surface area contributed by atoms with E-state index in [2.05, 4.69) is 15.4 Å². The van der Waals surface area contributed by atoms with Gasteiger partial charge in [0.05, 0.1) is 23.9 Å². The average molecular weight is 306 g/mol. The number of aromatic amines is 1. The van der Waals surface area contributed by atoms with Crippen LogP contribution >= 0.6 is 0 Å². The number of esters is 1. The Morgan fingerprint density at radius 1 is 1.27 bits per heavy atom. The lowest BCUT2D eigenvalue weighted by Gasteiger charge is -2.34. The number of hydrogen-bond donors (Lipinski definition) is 1. The number of ether oxygens (including phenoxy) is 1. The summed E-state index contributed by atoms with van der Waals surface area (Å²) in [6, 6.07) is 0. The summed E-state index contributed by atoms with van der Waals surface area (Å²) in [6.07, 6.45) is 3.90. The van der Waals surface area contributed by atoms with Crippen molar-refractivity contribution in [3.8, 4) is 0 Å². The molecule has 2 atom stereocenters. The van der Waals surface area contributed by atoms with Gasteiger partial charge in [-0.2, -0.15) is 15.4 Å². The Balaban J connectivity index is 1.61. The van der Waals surface area contributed by atoms with Gasteiger partial charge in [0.1, 0.15) is 0 Å². The molecule has 0 spiro atoms. The van der Waals surface area contributed by atoms with Crippen molar-refractivity contribution >= 4 is 11.9 Å². The summed E-state index contributed by atoms with van der Waals surface area (Å²) < 4.78 is 5.09. The van der Waals surface area contributed by atoms with Gasteiger partial charge in [0, 0.05) is 25.4 Å². The first-order valence-electron chi connectivity index (χ1n) is 8.03. The molecule has 7 heteroatoms. The lowest BCUT2D eigenvalue weighted by atomic mass is 9.87. The summed E-state index contributed by atoms with van der Waals surface area (Å²) in [7, 11) is 0. The normalized spacial score (nSPS) is 24.7. The lowest BCUT2D eigenvalue weighted by Crippen LogP contribution is -2.46. The van der Waals surface area contributed by atoms with Crippen LogP contribution in [-0.4, -0.2) is 51.9 Å². The Labute approximate surface area is 129 Å². The number of nitrogens with one attached hydrogen (secondary N) is 1. The van der Waals surface area contributed by atoms with E-state index in [1.807, 2.05) is 4.90 Å². The molecule has 1 aliphatic carbocycles. The maximum absolute atomic E-state index is 12.7. The number of carbonyl (C=O) groups excluding carboxylic acids is 2. The third kappa shape index (κ3) is 2.98. The molecule has 1 aromatic heterocycles. The number of likely N-dealkylation sites (tertiary alicyclic amines) is 1. The molecule has 2 aliphatic rings. The number of amides is 1. The first-order chi connectivity index (χ1) is 10.7. The van der Waals surface area contributed by atoms with Crippen LogP contribution in [0.3, 0.4) is 0 Å². The molecule has 3 rings (SSSR count). The standard InChI is InChI=1S/C15H22N4O3/c1-2-22-15(21)11-4-3-7-19(9-11)14(20)10-5-6-12-13(8-10)17-18-16-12/h10-11H,2-9H2,1H3,(H,16,17,18). The number of hydrogen-bond acceptors (Lipinski definition) is 5. The predicted molar refractivity (Wildman–Crippen MR) is 77.8 cm³/mol. The maximum atomic E-state index is 12.7. The molecule has 0 radical (unpaired) electrons. The first-order valence-corrected chi connectivity index (χ1v) is 8.03. The lowest BCUT2D eigenvalue weighted by molar-refractivity contribution is -0.152. The Hall–Kier alpha value is -1.92. The molecule has 0 bridgehead atoms. The first kappa shape index (κ1) is 15.0. The predicted octanol–water partition coefficient (Wildman–Crippen LogP) is 0.711. The van der Waals surface area contributed by atoms with Crippen molar-refractivity contribution in [3.63, 3.8) is 0 Å². The minimum absolute atomic E-state index is 0.0430. The monoisotopic (exact) mass is 306 g/mol. The Bertz CT molecular complexity index is 557. The summed E-state index contributed by atoms with van der Waals surface area (Å²) in [5, 5.41) is 10.8. The fourth-order valence-electron chi connectivity index (χ4n) is 3.38. The zero-order chi connectivity index (χ0) is 15.5. The molecule has 1 aromatic rings.